The molecule has 0 aliphatic carbocycles. The summed E-state index contributed by atoms with van der Waals surface area (Å²) in [5, 5.41) is 9.35. The van der Waals surface area contributed by atoms with Crippen molar-refractivity contribution in [3.05, 3.63) is 47.5 Å². The van der Waals surface area contributed by atoms with Crippen LogP contribution in [0.2, 0.25) is 0 Å². The van der Waals surface area contributed by atoms with E-state index in [2.05, 4.69) is 15.5 Å². The molecule has 1 aliphatic rings. The molecule has 0 radical (unpaired) electrons. The lowest BCUT2D eigenvalue weighted by Crippen LogP contribution is -2.45. The van der Waals surface area contributed by atoms with Crippen molar-refractivity contribution in [1.29, 1.82) is 0 Å². The van der Waals surface area contributed by atoms with Gasteiger partial charge in [-0.1, -0.05) is 13.0 Å². The minimum Gasteiger partial charge on any atom is -0.482 e. The van der Waals surface area contributed by atoms with Crippen LogP contribution in [0.1, 0.15) is 22.8 Å². The molecule has 1 aliphatic heterocycles. The van der Waals surface area contributed by atoms with Gasteiger partial charge in [0, 0.05) is 5.56 Å². The first kappa shape index (κ1) is 15.5. The van der Waals surface area contributed by atoms with Gasteiger partial charge in [-0.05, 0) is 24.1 Å². The number of aromatic amines is 1. The second kappa shape index (κ2) is 6.78. The largest absolute Gasteiger partial charge is 0.482 e. The number of halogens is 1. The van der Waals surface area contributed by atoms with Crippen molar-refractivity contribution in [3.8, 4) is 5.75 Å². The van der Waals surface area contributed by atoms with Gasteiger partial charge in [0.05, 0.1) is 31.6 Å². The number of hydrogen-bond acceptors (Lipinski definition) is 4. The van der Waals surface area contributed by atoms with Gasteiger partial charge in [0.15, 0.2) is 5.75 Å². The molecule has 1 aromatic heterocycles. The maximum absolute atomic E-state index is 13.4. The summed E-state index contributed by atoms with van der Waals surface area (Å²) in [5.74, 6) is -0.168. The van der Waals surface area contributed by atoms with Crippen molar-refractivity contribution in [3.63, 3.8) is 0 Å². The third kappa shape index (κ3) is 3.50. The van der Waals surface area contributed by atoms with E-state index in [0.29, 0.717) is 30.9 Å². The number of aromatic nitrogens is 2. The molecule has 6 nitrogen and oxygen atoms in total. The first-order chi connectivity index (χ1) is 11.2. The Bertz CT molecular complexity index is 675. The van der Waals surface area contributed by atoms with Crippen LogP contribution in [0.5, 0.6) is 5.75 Å². The molecule has 2 N–H and O–H groups in total. The highest BCUT2D eigenvalue weighted by atomic mass is 19.1. The number of carbonyl (C=O) groups excluding carboxylic acids is 1. The van der Waals surface area contributed by atoms with Gasteiger partial charge in [0.1, 0.15) is 11.9 Å². The molecule has 3 rings (SSSR count). The lowest BCUT2D eigenvalue weighted by Gasteiger charge is -2.20. The highest BCUT2D eigenvalue weighted by Gasteiger charge is 2.32. The van der Waals surface area contributed by atoms with Crippen LogP contribution in [-0.4, -0.2) is 41.5 Å². The van der Waals surface area contributed by atoms with E-state index in [1.54, 1.807) is 18.5 Å². The van der Waals surface area contributed by atoms with Crippen LogP contribution >= 0.6 is 0 Å². The predicted molar refractivity (Wildman–Crippen MR) is 80.9 cm³/mol. The molecule has 2 aromatic rings. The minimum atomic E-state index is -0.429. The summed E-state index contributed by atoms with van der Waals surface area (Å²) in [6.45, 7) is 2.65. The molecular formula is C16H18FN3O3. The van der Waals surface area contributed by atoms with Gasteiger partial charge in [-0.15, -0.1) is 0 Å². The highest BCUT2D eigenvalue weighted by Crippen LogP contribution is 2.17. The fraction of sp³-hybridized carbons (Fsp3) is 0.375. The molecule has 2 heterocycles. The first-order valence-corrected chi connectivity index (χ1v) is 7.50. The van der Waals surface area contributed by atoms with E-state index in [0.717, 1.165) is 5.56 Å². The van der Waals surface area contributed by atoms with Crippen LogP contribution in [-0.2, 0) is 11.2 Å². The van der Waals surface area contributed by atoms with Gasteiger partial charge >= 0.3 is 0 Å². The van der Waals surface area contributed by atoms with E-state index in [1.165, 1.54) is 12.1 Å². The van der Waals surface area contributed by atoms with Crippen LogP contribution in [0.4, 0.5) is 4.39 Å². The SMILES string of the molecule is CCc1ccc(F)cc1C(=O)N[C@H]1COC[C@H]1Oc1cn[nH]c1. The lowest BCUT2D eigenvalue weighted by atomic mass is 10.0. The number of nitrogens with one attached hydrogen (secondary N) is 2. The fourth-order valence-corrected chi connectivity index (χ4v) is 2.58. The number of amides is 1. The van der Waals surface area contributed by atoms with Gasteiger partial charge in [0.25, 0.3) is 5.91 Å². The zero-order valence-corrected chi connectivity index (χ0v) is 12.7. The molecule has 7 heteroatoms. The Labute approximate surface area is 133 Å². The third-order valence-electron chi connectivity index (χ3n) is 3.80. The molecule has 1 amide bonds. The van der Waals surface area contributed by atoms with Crippen molar-refractivity contribution in [1.82, 2.24) is 15.5 Å². The average Bonchev–Trinajstić information content (AvgIpc) is 3.20. The molecular weight excluding hydrogens is 301 g/mol. The molecule has 0 bridgehead atoms. The molecule has 1 saturated heterocycles. The molecule has 0 saturated carbocycles. The Hall–Kier alpha value is -2.41. The number of H-pyrrole nitrogens is 1. The quantitative estimate of drug-likeness (QED) is 0.879. The Morgan fingerprint density at radius 2 is 2.39 bits per heavy atom. The van der Waals surface area contributed by atoms with Gasteiger partial charge in [-0.3, -0.25) is 9.89 Å². The topological polar surface area (TPSA) is 76.2 Å². The molecule has 0 unspecified atom stereocenters. The van der Waals surface area contributed by atoms with Crippen LogP contribution < -0.4 is 10.1 Å². The van der Waals surface area contributed by atoms with E-state index in [9.17, 15) is 9.18 Å². The van der Waals surface area contributed by atoms with E-state index < -0.39 is 5.82 Å². The summed E-state index contributed by atoms with van der Waals surface area (Å²) in [6.07, 6.45) is 3.52. The predicted octanol–water partition coefficient (Wildman–Crippen LogP) is 1.69. The van der Waals surface area contributed by atoms with Gasteiger partial charge in [0.2, 0.25) is 0 Å². The zero-order chi connectivity index (χ0) is 16.2. The number of ether oxygens (including phenoxy) is 2. The Morgan fingerprint density at radius 1 is 1.52 bits per heavy atom. The molecule has 23 heavy (non-hydrogen) atoms. The van der Waals surface area contributed by atoms with Crippen LogP contribution in [0.3, 0.4) is 0 Å². The summed E-state index contributed by atoms with van der Waals surface area (Å²) in [5.41, 5.74) is 1.15. The van der Waals surface area contributed by atoms with Crippen molar-refractivity contribution < 1.29 is 18.7 Å². The van der Waals surface area contributed by atoms with Crippen molar-refractivity contribution in [2.24, 2.45) is 0 Å². The number of rotatable bonds is 5. The second-order valence-electron chi connectivity index (χ2n) is 5.36. The van der Waals surface area contributed by atoms with Crippen molar-refractivity contribution >= 4 is 5.91 Å². The Morgan fingerprint density at radius 3 is 3.13 bits per heavy atom. The van der Waals surface area contributed by atoms with Crippen LogP contribution in [0.25, 0.3) is 0 Å². The number of hydrogen-bond donors (Lipinski definition) is 2. The first-order valence-electron chi connectivity index (χ1n) is 7.50. The second-order valence-corrected chi connectivity index (χ2v) is 5.36. The Balaban J connectivity index is 1.70. The lowest BCUT2D eigenvalue weighted by molar-refractivity contribution is 0.0903. The van der Waals surface area contributed by atoms with E-state index in [-0.39, 0.29) is 18.1 Å². The standard InChI is InChI=1S/C16H18FN3O3/c1-2-10-3-4-11(17)5-13(10)16(21)20-14-8-22-9-15(14)23-12-6-18-19-7-12/h3-7,14-15H,2,8-9H2,1H3,(H,18,19)(H,20,21)/t14-,15+/m0/s1. The summed E-state index contributed by atoms with van der Waals surface area (Å²) in [4.78, 5) is 12.5. The average molecular weight is 319 g/mol. The van der Waals surface area contributed by atoms with E-state index >= 15 is 0 Å². The number of carbonyl (C=O) groups is 1. The van der Waals surface area contributed by atoms with Crippen molar-refractivity contribution in [2.45, 2.75) is 25.5 Å². The number of nitrogens with zero attached hydrogens (tertiary/aromatic N) is 1. The van der Waals surface area contributed by atoms with Gasteiger partial charge in [-0.25, -0.2) is 4.39 Å². The molecule has 122 valence electrons. The third-order valence-corrected chi connectivity index (χ3v) is 3.80. The van der Waals surface area contributed by atoms with E-state index in [1.807, 2.05) is 6.92 Å². The maximum Gasteiger partial charge on any atom is 0.252 e. The summed E-state index contributed by atoms with van der Waals surface area (Å²) < 4.78 is 24.6. The monoisotopic (exact) mass is 319 g/mol. The summed E-state index contributed by atoms with van der Waals surface area (Å²) >= 11 is 0. The number of benzene rings is 1. The molecule has 2 atom stereocenters. The van der Waals surface area contributed by atoms with E-state index in [4.69, 9.17) is 9.47 Å². The summed E-state index contributed by atoms with van der Waals surface area (Å²) in [6, 6.07) is 3.95. The highest BCUT2D eigenvalue weighted by molar-refractivity contribution is 5.96. The van der Waals surface area contributed by atoms with Gasteiger partial charge in [-0.2, -0.15) is 5.10 Å². The Kier molecular flexibility index (Phi) is 4.57. The number of aryl methyl sites for hydroxylation is 1. The minimum absolute atomic E-state index is 0.301. The van der Waals surface area contributed by atoms with Crippen molar-refractivity contribution in [2.75, 3.05) is 13.2 Å². The molecule has 1 aromatic carbocycles. The fourth-order valence-electron chi connectivity index (χ4n) is 2.58. The molecule has 0 spiro atoms. The zero-order valence-electron chi connectivity index (χ0n) is 12.7. The normalized spacial score (nSPS) is 20.4. The maximum atomic E-state index is 13.4. The van der Waals surface area contributed by atoms with Crippen LogP contribution in [0, 0.1) is 5.82 Å². The molecule has 1 fully saturated rings. The van der Waals surface area contributed by atoms with Crippen LogP contribution in [0.15, 0.2) is 30.6 Å². The smallest absolute Gasteiger partial charge is 0.252 e. The summed E-state index contributed by atoms with van der Waals surface area (Å²) in [7, 11) is 0. The van der Waals surface area contributed by atoms with Gasteiger partial charge < -0.3 is 14.8 Å².